The normalized spacial score (nSPS) is 10.5. The van der Waals surface area contributed by atoms with Crippen molar-refractivity contribution < 1.29 is 9.90 Å². The number of aryl methyl sites for hydroxylation is 1. The van der Waals surface area contributed by atoms with E-state index in [-0.39, 0.29) is 6.54 Å². The molecule has 2 aromatic rings. The van der Waals surface area contributed by atoms with Gasteiger partial charge in [-0.15, -0.1) is 0 Å². The molecule has 0 atom stereocenters. The SMILES string of the molecule is Cc1nn(-c2cc(Cl)ncn2)c(C)c1CNC(=O)O. The molecule has 0 saturated heterocycles. The number of nitrogens with zero attached hydrogens (tertiary/aromatic N) is 4. The summed E-state index contributed by atoms with van der Waals surface area (Å²) in [6.07, 6.45) is 0.278. The number of amides is 1. The van der Waals surface area contributed by atoms with E-state index in [0.717, 1.165) is 17.0 Å². The van der Waals surface area contributed by atoms with Gasteiger partial charge in [-0.25, -0.2) is 19.4 Å². The minimum atomic E-state index is -1.07. The summed E-state index contributed by atoms with van der Waals surface area (Å²) < 4.78 is 1.61. The molecule has 0 radical (unpaired) electrons. The third-order valence-corrected chi connectivity index (χ3v) is 2.90. The zero-order valence-corrected chi connectivity index (χ0v) is 11.1. The first kappa shape index (κ1) is 13.3. The number of carboxylic acid groups (broad SMARTS) is 1. The number of aromatic nitrogens is 4. The Morgan fingerprint density at radius 3 is 2.84 bits per heavy atom. The number of halogens is 1. The van der Waals surface area contributed by atoms with Crippen molar-refractivity contribution in [1.29, 1.82) is 0 Å². The van der Waals surface area contributed by atoms with E-state index in [2.05, 4.69) is 20.4 Å². The fraction of sp³-hybridized carbons (Fsp3) is 0.273. The topological polar surface area (TPSA) is 92.9 Å². The minimum absolute atomic E-state index is 0.200. The maximum atomic E-state index is 10.5. The van der Waals surface area contributed by atoms with Crippen molar-refractivity contribution in [3.63, 3.8) is 0 Å². The Morgan fingerprint density at radius 2 is 2.21 bits per heavy atom. The summed E-state index contributed by atoms with van der Waals surface area (Å²) in [4.78, 5) is 18.4. The second-order valence-electron chi connectivity index (χ2n) is 3.92. The molecule has 19 heavy (non-hydrogen) atoms. The van der Waals surface area contributed by atoms with Crippen molar-refractivity contribution in [3.05, 3.63) is 34.5 Å². The first-order valence-corrected chi connectivity index (χ1v) is 5.86. The molecule has 2 heterocycles. The molecule has 0 aliphatic heterocycles. The third-order valence-electron chi connectivity index (χ3n) is 2.69. The second-order valence-corrected chi connectivity index (χ2v) is 4.31. The summed E-state index contributed by atoms with van der Waals surface area (Å²) in [5, 5.41) is 15.6. The Kier molecular flexibility index (Phi) is 3.66. The first-order chi connectivity index (χ1) is 8.99. The van der Waals surface area contributed by atoms with Crippen molar-refractivity contribution in [3.8, 4) is 5.82 Å². The molecule has 0 bridgehead atoms. The molecular weight excluding hydrogens is 270 g/mol. The van der Waals surface area contributed by atoms with E-state index in [1.807, 2.05) is 13.8 Å². The molecule has 0 fully saturated rings. The van der Waals surface area contributed by atoms with Crippen LogP contribution >= 0.6 is 11.6 Å². The Labute approximate surface area is 114 Å². The van der Waals surface area contributed by atoms with E-state index in [1.54, 1.807) is 10.7 Å². The van der Waals surface area contributed by atoms with Crippen LogP contribution in [0.25, 0.3) is 5.82 Å². The number of nitrogens with one attached hydrogen (secondary N) is 1. The van der Waals surface area contributed by atoms with Crippen LogP contribution in [0, 0.1) is 13.8 Å². The van der Waals surface area contributed by atoms with Crippen LogP contribution in [-0.2, 0) is 6.54 Å². The number of rotatable bonds is 3. The van der Waals surface area contributed by atoms with Gasteiger partial charge in [0.25, 0.3) is 0 Å². The fourth-order valence-corrected chi connectivity index (χ4v) is 1.90. The van der Waals surface area contributed by atoms with Crippen molar-refractivity contribution >= 4 is 17.7 Å². The van der Waals surface area contributed by atoms with Crippen molar-refractivity contribution in [2.24, 2.45) is 0 Å². The van der Waals surface area contributed by atoms with Crippen molar-refractivity contribution in [2.45, 2.75) is 20.4 Å². The summed E-state index contributed by atoms with van der Waals surface area (Å²) in [5.41, 5.74) is 2.36. The molecule has 0 aliphatic rings. The summed E-state index contributed by atoms with van der Waals surface area (Å²) in [6.45, 7) is 3.85. The minimum Gasteiger partial charge on any atom is -0.465 e. The molecule has 0 aliphatic carbocycles. The zero-order valence-electron chi connectivity index (χ0n) is 10.4. The largest absolute Gasteiger partial charge is 0.465 e. The smallest absolute Gasteiger partial charge is 0.404 e. The van der Waals surface area contributed by atoms with Gasteiger partial charge in [0.05, 0.1) is 5.69 Å². The molecule has 7 nitrogen and oxygen atoms in total. The van der Waals surface area contributed by atoms with Gasteiger partial charge in [0.1, 0.15) is 11.5 Å². The van der Waals surface area contributed by atoms with Gasteiger partial charge >= 0.3 is 6.09 Å². The Hall–Kier alpha value is -2.15. The molecule has 0 unspecified atom stereocenters. The lowest BCUT2D eigenvalue weighted by molar-refractivity contribution is 0.194. The Balaban J connectivity index is 2.38. The highest BCUT2D eigenvalue weighted by molar-refractivity contribution is 6.29. The lowest BCUT2D eigenvalue weighted by Gasteiger charge is -2.04. The molecule has 8 heteroatoms. The van der Waals surface area contributed by atoms with E-state index < -0.39 is 6.09 Å². The van der Waals surface area contributed by atoms with E-state index in [4.69, 9.17) is 16.7 Å². The van der Waals surface area contributed by atoms with Crippen LogP contribution in [0.4, 0.5) is 4.79 Å². The summed E-state index contributed by atoms with van der Waals surface area (Å²) in [6, 6.07) is 1.59. The molecular formula is C11H12ClN5O2. The van der Waals surface area contributed by atoms with Gasteiger partial charge in [-0.05, 0) is 13.8 Å². The van der Waals surface area contributed by atoms with Crippen LogP contribution in [0.2, 0.25) is 5.15 Å². The van der Waals surface area contributed by atoms with Gasteiger partial charge in [-0.1, -0.05) is 11.6 Å². The van der Waals surface area contributed by atoms with Gasteiger partial charge in [0.2, 0.25) is 0 Å². The van der Waals surface area contributed by atoms with Crippen LogP contribution in [0.15, 0.2) is 12.4 Å². The molecule has 0 aromatic carbocycles. The second kappa shape index (κ2) is 5.23. The summed E-state index contributed by atoms with van der Waals surface area (Å²) in [5.74, 6) is 0.544. The number of hydrogen-bond acceptors (Lipinski definition) is 4. The maximum absolute atomic E-state index is 10.5. The van der Waals surface area contributed by atoms with Gasteiger partial charge in [-0.3, -0.25) is 0 Å². The van der Waals surface area contributed by atoms with Crippen LogP contribution in [0.1, 0.15) is 17.0 Å². The van der Waals surface area contributed by atoms with Crippen molar-refractivity contribution in [1.82, 2.24) is 25.1 Å². The number of carbonyl (C=O) groups is 1. The van der Waals surface area contributed by atoms with E-state index in [0.29, 0.717) is 11.0 Å². The van der Waals surface area contributed by atoms with Crippen LogP contribution in [0.5, 0.6) is 0 Å². The van der Waals surface area contributed by atoms with Crippen LogP contribution in [0.3, 0.4) is 0 Å². The first-order valence-electron chi connectivity index (χ1n) is 5.49. The quantitative estimate of drug-likeness (QED) is 0.835. The lowest BCUT2D eigenvalue weighted by Crippen LogP contribution is -2.20. The van der Waals surface area contributed by atoms with E-state index in [1.165, 1.54) is 6.33 Å². The van der Waals surface area contributed by atoms with Crippen LogP contribution < -0.4 is 5.32 Å². The highest BCUT2D eigenvalue weighted by Gasteiger charge is 2.14. The highest BCUT2D eigenvalue weighted by Crippen LogP contribution is 2.17. The lowest BCUT2D eigenvalue weighted by atomic mass is 10.2. The molecule has 100 valence electrons. The predicted molar refractivity (Wildman–Crippen MR) is 68.5 cm³/mol. The maximum Gasteiger partial charge on any atom is 0.404 e. The van der Waals surface area contributed by atoms with E-state index >= 15 is 0 Å². The van der Waals surface area contributed by atoms with E-state index in [9.17, 15) is 4.79 Å². The van der Waals surface area contributed by atoms with Gasteiger partial charge in [0.15, 0.2) is 5.82 Å². The predicted octanol–water partition coefficient (Wildman–Crippen LogP) is 1.70. The van der Waals surface area contributed by atoms with Gasteiger partial charge in [-0.2, -0.15) is 5.10 Å². The van der Waals surface area contributed by atoms with Crippen molar-refractivity contribution in [2.75, 3.05) is 0 Å². The fourth-order valence-electron chi connectivity index (χ4n) is 1.76. The molecule has 1 amide bonds. The molecule has 0 saturated carbocycles. The zero-order chi connectivity index (χ0) is 14.0. The molecule has 2 N–H and O–H groups in total. The Morgan fingerprint density at radius 1 is 1.47 bits per heavy atom. The molecule has 0 spiro atoms. The average Bonchev–Trinajstić information content (AvgIpc) is 2.62. The monoisotopic (exact) mass is 281 g/mol. The third kappa shape index (κ3) is 2.82. The molecule has 2 rings (SSSR count). The van der Waals surface area contributed by atoms with Crippen LogP contribution in [-0.4, -0.2) is 30.9 Å². The van der Waals surface area contributed by atoms with Gasteiger partial charge < -0.3 is 10.4 Å². The highest BCUT2D eigenvalue weighted by atomic mass is 35.5. The standard InChI is InChI=1S/C11H12ClN5O2/c1-6-8(4-13-11(18)19)7(2)17(16-6)10-3-9(12)14-5-15-10/h3,5,13H,4H2,1-2H3,(H,18,19). The summed E-state index contributed by atoms with van der Waals surface area (Å²) in [7, 11) is 0. The summed E-state index contributed by atoms with van der Waals surface area (Å²) >= 11 is 5.81. The Bertz CT molecular complexity index is 626. The average molecular weight is 282 g/mol. The van der Waals surface area contributed by atoms with Gasteiger partial charge in [0, 0.05) is 23.9 Å². The molecule has 2 aromatic heterocycles. The number of hydrogen-bond donors (Lipinski definition) is 2.